The number of hydrogen-bond acceptors (Lipinski definition) is 8. The minimum Gasteiger partial charge on any atom is -0.392 e. The highest BCUT2D eigenvalue weighted by Gasteiger charge is 2.50. The van der Waals surface area contributed by atoms with Gasteiger partial charge in [-0.05, 0) is 53.8 Å². The minimum atomic E-state index is -0.630. The second-order valence-corrected chi connectivity index (χ2v) is 13.6. The molecule has 0 radical (unpaired) electrons. The molecule has 10 heteroatoms. The second-order valence-electron chi connectivity index (χ2n) is 13.6. The van der Waals surface area contributed by atoms with Crippen LogP contribution in [0.2, 0.25) is 0 Å². The Labute approximate surface area is 291 Å². The van der Waals surface area contributed by atoms with Crippen molar-refractivity contribution in [3.63, 3.8) is 0 Å². The smallest absolute Gasteiger partial charge is 0.261 e. The van der Waals surface area contributed by atoms with Crippen LogP contribution in [0, 0.1) is 0 Å². The zero-order valence-corrected chi connectivity index (χ0v) is 27.7. The maximum absolute atomic E-state index is 13.2. The molecule has 256 valence electrons. The van der Waals surface area contributed by atoms with E-state index >= 15 is 0 Å². The average Bonchev–Trinajstić information content (AvgIpc) is 3.61. The van der Waals surface area contributed by atoms with E-state index in [0.717, 1.165) is 53.9 Å². The monoisotopic (exact) mass is 672 g/mol. The predicted molar refractivity (Wildman–Crippen MR) is 186 cm³/mol. The van der Waals surface area contributed by atoms with Gasteiger partial charge in [0.15, 0.2) is 6.29 Å². The lowest BCUT2D eigenvalue weighted by molar-refractivity contribution is -0.253. The van der Waals surface area contributed by atoms with Crippen LogP contribution in [0.4, 0.5) is 5.69 Å². The van der Waals surface area contributed by atoms with Crippen LogP contribution in [0.5, 0.6) is 0 Å². The summed E-state index contributed by atoms with van der Waals surface area (Å²) < 4.78 is 13.2. The first kappa shape index (κ1) is 32.3. The van der Waals surface area contributed by atoms with Gasteiger partial charge >= 0.3 is 0 Å². The molecule has 4 aliphatic rings. The number of rotatable bonds is 8. The molecule has 4 aromatic carbocycles. The van der Waals surface area contributed by atoms with Crippen molar-refractivity contribution < 1.29 is 29.0 Å². The molecule has 0 aromatic heterocycles. The van der Waals surface area contributed by atoms with E-state index in [1.807, 2.05) is 66.7 Å². The highest BCUT2D eigenvalue weighted by molar-refractivity contribution is 6.21. The van der Waals surface area contributed by atoms with Crippen molar-refractivity contribution in [2.75, 3.05) is 31.2 Å². The number of carbonyl (C=O) groups is 3. The Hall–Kier alpha value is -4.87. The molecule has 3 fully saturated rings. The van der Waals surface area contributed by atoms with Gasteiger partial charge in [-0.2, -0.15) is 0 Å². The third-order valence-corrected chi connectivity index (χ3v) is 10.6. The van der Waals surface area contributed by atoms with E-state index in [1.54, 1.807) is 24.3 Å². The number of likely N-dealkylation sites (tertiary alicyclic amines) is 1. The third kappa shape index (κ3) is 5.98. The molecule has 3 saturated heterocycles. The number of aliphatic hydroxyl groups is 1. The number of nitrogens with zero attached hydrogens (tertiary/aromatic N) is 3. The summed E-state index contributed by atoms with van der Waals surface area (Å²) in [5, 5.41) is 12.7. The number of fused-ring (bicyclic) bond motifs is 1. The molecule has 4 aliphatic heterocycles. The van der Waals surface area contributed by atoms with Crippen molar-refractivity contribution in [3.8, 4) is 0 Å². The molecule has 4 heterocycles. The summed E-state index contributed by atoms with van der Waals surface area (Å²) in [5.41, 5.74) is 4.90. The number of imide groups is 1. The zero-order valence-electron chi connectivity index (χ0n) is 27.7. The van der Waals surface area contributed by atoms with Gasteiger partial charge in [0.1, 0.15) is 5.54 Å². The Morgan fingerprint density at radius 1 is 0.740 bits per heavy atom. The van der Waals surface area contributed by atoms with E-state index in [2.05, 4.69) is 27.2 Å². The topological polar surface area (TPSA) is 112 Å². The molecule has 0 bridgehead atoms. The van der Waals surface area contributed by atoms with Gasteiger partial charge in [-0.3, -0.25) is 19.3 Å². The average molecular weight is 673 g/mol. The third-order valence-electron chi connectivity index (χ3n) is 10.6. The number of ether oxygens (including phenoxy) is 2. The molecular weight excluding hydrogens is 632 g/mol. The number of hydrogen-bond donors (Lipinski definition) is 2. The highest BCUT2D eigenvalue weighted by Crippen LogP contribution is 2.40. The molecule has 3 atom stereocenters. The second kappa shape index (κ2) is 13.4. The number of amides is 3. The fraction of sp³-hybridized carbons (Fsp3) is 0.325. The largest absolute Gasteiger partial charge is 0.392 e. The van der Waals surface area contributed by atoms with Gasteiger partial charge in [-0.1, -0.05) is 78.9 Å². The molecule has 0 saturated carbocycles. The molecule has 1 spiro atoms. The lowest BCUT2D eigenvalue weighted by Crippen LogP contribution is -2.57. The fourth-order valence-electron chi connectivity index (χ4n) is 7.80. The van der Waals surface area contributed by atoms with Crippen LogP contribution in [-0.4, -0.2) is 70.6 Å². The highest BCUT2D eigenvalue weighted by atomic mass is 16.7. The molecular formula is C40H40N4O6. The zero-order chi connectivity index (χ0) is 34.2. The molecule has 2 N–H and O–H groups in total. The fourth-order valence-corrected chi connectivity index (χ4v) is 7.80. The first-order chi connectivity index (χ1) is 24.4. The van der Waals surface area contributed by atoms with Gasteiger partial charge in [0.05, 0.1) is 43.2 Å². The molecule has 3 unspecified atom stereocenters. The first-order valence-electron chi connectivity index (χ1n) is 17.3. The quantitative estimate of drug-likeness (QED) is 0.253. The van der Waals surface area contributed by atoms with E-state index in [1.165, 1.54) is 4.90 Å². The van der Waals surface area contributed by atoms with E-state index < -0.39 is 11.8 Å². The van der Waals surface area contributed by atoms with Crippen LogP contribution in [-0.2, 0) is 27.4 Å². The number of para-hydroxylation sites is 1. The molecule has 4 aromatic rings. The Morgan fingerprint density at radius 3 is 2.02 bits per heavy atom. The number of benzene rings is 4. The lowest BCUT2D eigenvalue weighted by atomic mass is 9.85. The summed E-state index contributed by atoms with van der Waals surface area (Å²) in [4.78, 5) is 45.0. The van der Waals surface area contributed by atoms with Crippen LogP contribution >= 0.6 is 0 Å². The Bertz CT molecular complexity index is 1840. The molecule has 50 heavy (non-hydrogen) atoms. The molecule has 10 nitrogen and oxygen atoms in total. The van der Waals surface area contributed by atoms with Crippen molar-refractivity contribution >= 4 is 23.4 Å². The number of aliphatic hydroxyl groups excluding tert-OH is 1. The summed E-state index contributed by atoms with van der Waals surface area (Å²) in [7, 11) is 0. The van der Waals surface area contributed by atoms with E-state index in [-0.39, 0.29) is 43.1 Å². The van der Waals surface area contributed by atoms with Crippen molar-refractivity contribution in [2.24, 2.45) is 0 Å². The van der Waals surface area contributed by atoms with E-state index in [0.29, 0.717) is 30.8 Å². The summed E-state index contributed by atoms with van der Waals surface area (Å²) in [6.07, 6.45) is 1.11. The Morgan fingerprint density at radius 2 is 1.36 bits per heavy atom. The summed E-state index contributed by atoms with van der Waals surface area (Å²) in [5.74, 6) is -0.464. The SMILES string of the molecule is O=C1c2ccccc2C(=O)N1Cc1ccc(C2OC(CN3CCC4(CC3)C(=O)NCN4c3ccccc3)CC(c3ccc(CO)cc3)O2)cc1. The van der Waals surface area contributed by atoms with Gasteiger partial charge in [-0.25, -0.2) is 0 Å². The first-order valence-corrected chi connectivity index (χ1v) is 17.3. The van der Waals surface area contributed by atoms with Crippen LogP contribution in [0.25, 0.3) is 0 Å². The summed E-state index contributed by atoms with van der Waals surface area (Å²) in [6, 6.07) is 32.6. The summed E-state index contributed by atoms with van der Waals surface area (Å²) in [6.45, 7) is 2.91. The van der Waals surface area contributed by atoms with Gasteiger partial charge in [0.25, 0.3) is 11.8 Å². The van der Waals surface area contributed by atoms with Crippen molar-refractivity contribution in [1.29, 1.82) is 0 Å². The lowest BCUT2D eigenvalue weighted by Gasteiger charge is -2.45. The standard InChI is InChI=1S/C40H40N4O6/c45-25-28-12-14-29(15-13-28)35-22-32(24-42-20-18-40(19-21-42)39(48)41-26-44(40)31-6-2-1-3-7-31)49-38(50-35)30-16-10-27(11-17-30)23-43-36(46)33-8-4-5-9-34(33)37(43)47/h1-17,32,35,38,45H,18-26H2,(H,41,48). The predicted octanol–water partition coefficient (Wildman–Crippen LogP) is 4.95. The minimum absolute atomic E-state index is 0.0244. The van der Waals surface area contributed by atoms with Crippen molar-refractivity contribution in [2.45, 2.75) is 56.5 Å². The van der Waals surface area contributed by atoms with Crippen LogP contribution in [0.3, 0.4) is 0 Å². The number of carbonyl (C=O) groups excluding carboxylic acids is 3. The maximum Gasteiger partial charge on any atom is 0.261 e. The van der Waals surface area contributed by atoms with Gasteiger partial charge in [-0.15, -0.1) is 0 Å². The van der Waals surface area contributed by atoms with E-state index in [4.69, 9.17) is 9.47 Å². The molecule has 8 rings (SSSR count). The number of anilines is 1. The number of nitrogens with one attached hydrogen (secondary N) is 1. The van der Waals surface area contributed by atoms with Crippen LogP contribution in [0.15, 0.2) is 103 Å². The molecule has 0 aliphatic carbocycles. The van der Waals surface area contributed by atoms with Crippen LogP contribution in [0.1, 0.15) is 74.6 Å². The maximum atomic E-state index is 13.2. The van der Waals surface area contributed by atoms with E-state index in [9.17, 15) is 19.5 Å². The van der Waals surface area contributed by atoms with Crippen LogP contribution < -0.4 is 10.2 Å². The normalized spacial score (nSPS) is 23.4. The van der Waals surface area contributed by atoms with Gasteiger partial charge in [0, 0.05) is 37.3 Å². The molecule has 3 amide bonds. The summed E-state index contributed by atoms with van der Waals surface area (Å²) >= 11 is 0. The van der Waals surface area contributed by atoms with Crippen molar-refractivity contribution in [1.82, 2.24) is 15.1 Å². The van der Waals surface area contributed by atoms with Gasteiger partial charge < -0.3 is 29.7 Å². The Kier molecular flexibility index (Phi) is 8.70. The Balaban J connectivity index is 0.970. The van der Waals surface area contributed by atoms with Crippen molar-refractivity contribution in [3.05, 3.63) is 137 Å². The number of piperidine rings is 1. The van der Waals surface area contributed by atoms with Gasteiger partial charge in [0.2, 0.25) is 5.91 Å².